The molecule has 0 fully saturated rings. The quantitative estimate of drug-likeness (QED) is 0.740. The van der Waals surface area contributed by atoms with E-state index in [1.807, 2.05) is 31.2 Å². The van der Waals surface area contributed by atoms with Crippen molar-refractivity contribution in [3.63, 3.8) is 0 Å². The van der Waals surface area contributed by atoms with E-state index in [1.54, 1.807) is 7.05 Å². The van der Waals surface area contributed by atoms with Gasteiger partial charge in [0.05, 0.1) is 13.0 Å². The highest BCUT2D eigenvalue weighted by molar-refractivity contribution is 5.76. The lowest BCUT2D eigenvalue weighted by Crippen LogP contribution is -2.29. The molecule has 1 rings (SSSR count). The van der Waals surface area contributed by atoms with Crippen molar-refractivity contribution in [2.24, 2.45) is 0 Å². The Morgan fingerprint density at radius 2 is 1.95 bits per heavy atom. The molecule has 0 radical (unpaired) electrons. The lowest BCUT2D eigenvalue weighted by atomic mass is 10.2. The Morgan fingerprint density at radius 3 is 2.60 bits per heavy atom. The zero-order valence-electron chi connectivity index (χ0n) is 12.0. The first-order valence-corrected chi connectivity index (χ1v) is 6.65. The molecule has 0 aromatic heterocycles. The zero-order valence-corrected chi connectivity index (χ0v) is 12.0. The highest BCUT2D eigenvalue weighted by Gasteiger charge is 2.10. The second-order valence-electron chi connectivity index (χ2n) is 4.68. The van der Waals surface area contributed by atoms with Gasteiger partial charge in [0.1, 0.15) is 5.75 Å². The van der Waals surface area contributed by atoms with Gasteiger partial charge in [-0.05, 0) is 25.0 Å². The Morgan fingerprint density at radius 1 is 1.25 bits per heavy atom. The average Bonchev–Trinajstić information content (AvgIpc) is 2.42. The molecule has 0 bridgehead atoms. The van der Waals surface area contributed by atoms with E-state index in [-0.39, 0.29) is 18.9 Å². The molecule has 0 spiro atoms. The number of ether oxygens (including phenoxy) is 1. The number of benzene rings is 1. The molecule has 1 aromatic carbocycles. The summed E-state index contributed by atoms with van der Waals surface area (Å²) >= 11 is 0. The SMILES string of the molecule is Cc1ccccc1OCCCC(=O)N(C)CCC(=O)O. The summed E-state index contributed by atoms with van der Waals surface area (Å²) in [6.07, 6.45) is 0.953. The highest BCUT2D eigenvalue weighted by atomic mass is 16.5. The van der Waals surface area contributed by atoms with Crippen LogP contribution in [0.3, 0.4) is 0 Å². The smallest absolute Gasteiger partial charge is 0.305 e. The molecule has 0 saturated heterocycles. The van der Waals surface area contributed by atoms with Crippen LogP contribution in [0.25, 0.3) is 0 Å². The van der Waals surface area contributed by atoms with Crippen LogP contribution >= 0.6 is 0 Å². The van der Waals surface area contributed by atoms with Crippen molar-refractivity contribution >= 4 is 11.9 Å². The fourth-order valence-corrected chi connectivity index (χ4v) is 1.70. The number of nitrogens with zero attached hydrogens (tertiary/aromatic N) is 1. The first-order valence-electron chi connectivity index (χ1n) is 6.65. The van der Waals surface area contributed by atoms with Crippen LogP contribution in [0.2, 0.25) is 0 Å². The van der Waals surface area contributed by atoms with Gasteiger partial charge in [-0.1, -0.05) is 18.2 Å². The minimum absolute atomic E-state index is 0.0258. The summed E-state index contributed by atoms with van der Waals surface area (Å²) in [4.78, 5) is 23.6. The van der Waals surface area contributed by atoms with E-state index in [0.29, 0.717) is 19.4 Å². The lowest BCUT2D eigenvalue weighted by Gasteiger charge is -2.16. The van der Waals surface area contributed by atoms with E-state index in [4.69, 9.17) is 9.84 Å². The minimum atomic E-state index is -0.896. The van der Waals surface area contributed by atoms with Gasteiger partial charge in [0, 0.05) is 20.0 Å². The molecule has 1 N–H and O–H groups in total. The maximum absolute atomic E-state index is 11.7. The Labute approximate surface area is 119 Å². The highest BCUT2D eigenvalue weighted by Crippen LogP contribution is 2.16. The van der Waals surface area contributed by atoms with E-state index in [9.17, 15) is 9.59 Å². The summed E-state index contributed by atoms with van der Waals surface area (Å²) in [7, 11) is 1.62. The Bertz CT molecular complexity index is 459. The molecule has 5 heteroatoms. The Kier molecular flexibility index (Phi) is 6.56. The summed E-state index contributed by atoms with van der Waals surface area (Å²) in [5.74, 6) is -0.119. The van der Waals surface area contributed by atoms with Crippen LogP contribution in [0, 0.1) is 6.92 Å². The third-order valence-electron chi connectivity index (χ3n) is 2.97. The van der Waals surface area contributed by atoms with E-state index in [0.717, 1.165) is 11.3 Å². The molecular weight excluding hydrogens is 258 g/mol. The predicted octanol–water partition coefficient (Wildman–Crippen LogP) is 2.09. The van der Waals surface area contributed by atoms with Crippen molar-refractivity contribution in [3.8, 4) is 5.75 Å². The predicted molar refractivity (Wildman–Crippen MR) is 75.8 cm³/mol. The molecule has 0 atom stereocenters. The van der Waals surface area contributed by atoms with Crippen LogP contribution in [0.5, 0.6) is 5.75 Å². The molecule has 0 unspecified atom stereocenters. The van der Waals surface area contributed by atoms with Crippen molar-refractivity contribution in [3.05, 3.63) is 29.8 Å². The lowest BCUT2D eigenvalue weighted by molar-refractivity contribution is -0.138. The number of rotatable bonds is 8. The van der Waals surface area contributed by atoms with E-state index in [2.05, 4.69) is 0 Å². The summed E-state index contributed by atoms with van der Waals surface area (Å²) < 4.78 is 5.60. The monoisotopic (exact) mass is 279 g/mol. The molecule has 0 saturated carbocycles. The number of para-hydroxylation sites is 1. The van der Waals surface area contributed by atoms with Gasteiger partial charge in [0.25, 0.3) is 0 Å². The van der Waals surface area contributed by atoms with Crippen LogP contribution in [0.4, 0.5) is 0 Å². The Balaban J connectivity index is 2.22. The van der Waals surface area contributed by atoms with E-state index >= 15 is 0 Å². The number of carboxylic acid groups (broad SMARTS) is 1. The van der Waals surface area contributed by atoms with Gasteiger partial charge >= 0.3 is 5.97 Å². The summed E-state index contributed by atoms with van der Waals surface area (Å²) in [6, 6.07) is 7.73. The first kappa shape index (κ1) is 16.0. The molecule has 0 aliphatic rings. The normalized spacial score (nSPS) is 10.1. The van der Waals surface area contributed by atoms with Crippen LogP contribution in [0.1, 0.15) is 24.8 Å². The second kappa shape index (κ2) is 8.19. The minimum Gasteiger partial charge on any atom is -0.493 e. The molecule has 5 nitrogen and oxygen atoms in total. The number of aryl methyl sites for hydroxylation is 1. The third-order valence-corrected chi connectivity index (χ3v) is 2.97. The van der Waals surface area contributed by atoms with Gasteiger partial charge in [-0.15, -0.1) is 0 Å². The molecule has 110 valence electrons. The number of carbonyl (C=O) groups is 2. The number of hydrogen-bond acceptors (Lipinski definition) is 3. The standard InChI is InChI=1S/C15H21NO4/c1-12-6-3-4-7-13(12)20-11-5-8-14(17)16(2)10-9-15(18)19/h3-4,6-7H,5,8-11H2,1-2H3,(H,18,19). The van der Waals surface area contributed by atoms with Crippen molar-refractivity contribution in [2.45, 2.75) is 26.2 Å². The van der Waals surface area contributed by atoms with Gasteiger partial charge in [-0.2, -0.15) is 0 Å². The van der Waals surface area contributed by atoms with Crippen LogP contribution in [-0.4, -0.2) is 42.1 Å². The third kappa shape index (κ3) is 5.73. The molecule has 1 aromatic rings. The summed E-state index contributed by atoms with van der Waals surface area (Å²) in [5, 5.41) is 8.55. The van der Waals surface area contributed by atoms with Gasteiger partial charge in [-0.25, -0.2) is 0 Å². The van der Waals surface area contributed by atoms with Gasteiger partial charge < -0.3 is 14.7 Å². The summed E-state index contributed by atoms with van der Waals surface area (Å²) in [6.45, 7) is 2.69. The van der Waals surface area contributed by atoms with Gasteiger partial charge in [-0.3, -0.25) is 9.59 Å². The van der Waals surface area contributed by atoms with E-state index < -0.39 is 5.97 Å². The van der Waals surface area contributed by atoms with Crippen molar-refractivity contribution < 1.29 is 19.4 Å². The van der Waals surface area contributed by atoms with Crippen LogP contribution < -0.4 is 4.74 Å². The molecule has 20 heavy (non-hydrogen) atoms. The molecule has 1 amide bonds. The van der Waals surface area contributed by atoms with Crippen LogP contribution in [0.15, 0.2) is 24.3 Å². The largest absolute Gasteiger partial charge is 0.493 e. The average molecular weight is 279 g/mol. The topological polar surface area (TPSA) is 66.8 Å². The molecular formula is C15H21NO4. The number of aliphatic carboxylic acids is 1. The fourth-order valence-electron chi connectivity index (χ4n) is 1.70. The van der Waals surface area contributed by atoms with E-state index in [1.165, 1.54) is 4.90 Å². The van der Waals surface area contributed by atoms with Gasteiger partial charge in [0.15, 0.2) is 0 Å². The Hall–Kier alpha value is -2.04. The maximum Gasteiger partial charge on any atom is 0.305 e. The number of carboxylic acids is 1. The number of carbonyl (C=O) groups excluding carboxylic acids is 1. The number of amides is 1. The van der Waals surface area contributed by atoms with Crippen LogP contribution in [-0.2, 0) is 9.59 Å². The van der Waals surface area contributed by atoms with Crippen molar-refractivity contribution in [1.82, 2.24) is 4.90 Å². The van der Waals surface area contributed by atoms with Crippen molar-refractivity contribution in [1.29, 1.82) is 0 Å². The summed E-state index contributed by atoms with van der Waals surface area (Å²) in [5.41, 5.74) is 1.07. The maximum atomic E-state index is 11.7. The molecule has 0 aliphatic carbocycles. The van der Waals surface area contributed by atoms with Gasteiger partial charge in [0.2, 0.25) is 5.91 Å². The molecule has 0 heterocycles. The second-order valence-corrected chi connectivity index (χ2v) is 4.68. The first-order chi connectivity index (χ1) is 9.50. The van der Waals surface area contributed by atoms with Crippen molar-refractivity contribution in [2.75, 3.05) is 20.2 Å². The fraction of sp³-hybridized carbons (Fsp3) is 0.467. The molecule has 0 aliphatic heterocycles. The number of hydrogen-bond donors (Lipinski definition) is 1. The zero-order chi connectivity index (χ0) is 15.0.